The van der Waals surface area contributed by atoms with Crippen LogP contribution in [0.5, 0.6) is 0 Å². The maximum atomic E-state index is 11.7. The summed E-state index contributed by atoms with van der Waals surface area (Å²) < 4.78 is 4.92. The lowest BCUT2D eigenvalue weighted by Crippen LogP contribution is -2.26. The van der Waals surface area contributed by atoms with Crippen LogP contribution < -0.4 is 10.6 Å². The lowest BCUT2D eigenvalue weighted by molar-refractivity contribution is 0.0946. The van der Waals surface area contributed by atoms with E-state index in [1.807, 2.05) is 0 Å². The number of hydrogen-bond acceptors (Lipinski definition) is 5. The second-order valence-corrected chi connectivity index (χ2v) is 3.96. The molecule has 6 nitrogen and oxygen atoms in total. The summed E-state index contributed by atoms with van der Waals surface area (Å²) in [6.45, 7) is 1.24. The summed E-state index contributed by atoms with van der Waals surface area (Å²) in [5.74, 6) is 0.502. The van der Waals surface area contributed by atoms with E-state index in [1.165, 1.54) is 6.33 Å². The topological polar surface area (TPSA) is 76.1 Å². The van der Waals surface area contributed by atoms with E-state index in [0.29, 0.717) is 30.7 Å². The number of carbonyl (C=O) groups excluding carboxylic acids is 1. The van der Waals surface area contributed by atoms with Gasteiger partial charge in [0.25, 0.3) is 5.91 Å². The number of ether oxygens (including phenoxy) is 1. The van der Waals surface area contributed by atoms with Crippen molar-refractivity contribution < 1.29 is 9.53 Å². The van der Waals surface area contributed by atoms with Crippen LogP contribution >= 0.6 is 0 Å². The second kappa shape index (κ2) is 5.58. The monoisotopic (exact) mass is 236 g/mol. The van der Waals surface area contributed by atoms with Crippen molar-refractivity contribution in [1.82, 2.24) is 15.3 Å². The molecule has 0 saturated heterocycles. The molecule has 1 heterocycles. The highest BCUT2D eigenvalue weighted by atomic mass is 16.5. The van der Waals surface area contributed by atoms with Crippen LogP contribution in [-0.4, -0.2) is 42.2 Å². The molecule has 0 radical (unpaired) electrons. The molecule has 1 saturated carbocycles. The highest BCUT2D eigenvalue weighted by molar-refractivity contribution is 5.93. The zero-order chi connectivity index (χ0) is 12.1. The molecule has 1 aromatic rings. The van der Waals surface area contributed by atoms with Crippen molar-refractivity contribution in [3.8, 4) is 0 Å². The summed E-state index contributed by atoms with van der Waals surface area (Å²) in [6.07, 6.45) is 3.52. The van der Waals surface area contributed by atoms with Gasteiger partial charge in [-0.3, -0.25) is 4.79 Å². The molecule has 1 aromatic heterocycles. The summed E-state index contributed by atoms with van der Waals surface area (Å²) in [5, 5.41) is 5.94. The van der Waals surface area contributed by atoms with Gasteiger partial charge >= 0.3 is 0 Å². The van der Waals surface area contributed by atoms with Crippen molar-refractivity contribution in [2.45, 2.75) is 18.9 Å². The molecule has 17 heavy (non-hydrogen) atoms. The SMILES string of the molecule is COCCNc1cc(C(=O)NC2CC2)ncn1. The Balaban J connectivity index is 1.92. The van der Waals surface area contributed by atoms with E-state index in [0.717, 1.165) is 12.8 Å². The maximum Gasteiger partial charge on any atom is 0.270 e. The third kappa shape index (κ3) is 3.67. The molecule has 0 aromatic carbocycles. The van der Waals surface area contributed by atoms with Crippen molar-refractivity contribution in [2.75, 3.05) is 25.6 Å². The molecule has 0 atom stereocenters. The minimum Gasteiger partial charge on any atom is -0.383 e. The van der Waals surface area contributed by atoms with Crippen molar-refractivity contribution >= 4 is 11.7 Å². The Morgan fingerprint density at radius 2 is 2.35 bits per heavy atom. The molecule has 0 unspecified atom stereocenters. The fourth-order valence-corrected chi connectivity index (χ4v) is 1.35. The maximum absolute atomic E-state index is 11.7. The van der Waals surface area contributed by atoms with E-state index >= 15 is 0 Å². The first kappa shape index (κ1) is 11.8. The Morgan fingerprint density at radius 3 is 3.06 bits per heavy atom. The molecule has 0 bridgehead atoms. The summed E-state index contributed by atoms with van der Waals surface area (Å²) in [7, 11) is 1.64. The number of methoxy groups -OCH3 is 1. The van der Waals surface area contributed by atoms with Gasteiger partial charge in [0, 0.05) is 25.8 Å². The molecule has 1 aliphatic carbocycles. The number of carbonyl (C=O) groups is 1. The lowest BCUT2D eigenvalue weighted by atomic mass is 10.3. The largest absolute Gasteiger partial charge is 0.383 e. The van der Waals surface area contributed by atoms with E-state index in [1.54, 1.807) is 13.2 Å². The fraction of sp³-hybridized carbons (Fsp3) is 0.545. The van der Waals surface area contributed by atoms with Gasteiger partial charge in [0.05, 0.1) is 6.61 Å². The Bertz CT molecular complexity index is 393. The molecule has 92 valence electrons. The van der Waals surface area contributed by atoms with Crippen LogP contribution in [0.4, 0.5) is 5.82 Å². The summed E-state index contributed by atoms with van der Waals surface area (Å²) in [6, 6.07) is 1.98. The third-order valence-electron chi connectivity index (χ3n) is 2.42. The number of nitrogens with zero attached hydrogens (tertiary/aromatic N) is 2. The van der Waals surface area contributed by atoms with Crippen LogP contribution in [0.15, 0.2) is 12.4 Å². The van der Waals surface area contributed by atoms with Gasteiger partial charge in [-0.15, -0.1) is 0 Å². The van der Waals surface area contributed by atoms with Gasteiger partial charge in [0.1, 0.15) is 17.8 Å². The number of nitrogens with one attached hydrogen (secondary N) is 2. The standard InChI is InChI=1S/C11H16N4O2/c1-17-5-4-12-10-6-9(13-7-14-10)11(16)15-8-2-3-8/h6-8H,2-5H2,1H3,(H,15,16)(H,12,13,14). The minimum atomic E-state index is -0.135. The van der Waals surface area contributed by atoms with Gasteiger partial charge in [-0.25, -0.2) is 9.97 Å². The van der Waals surface area contributed by atoms with Crippen LogP contribution in [0, 0.1) is 0 Å². The first-order valence-electron chi connectivity index (χ1n) is 5.65. The van der Waals surface area contributed by atoms with Gasteiger partial charge in [-0.05, 0) is 12.8 Å². The Morgan fingerprint density at radius 1 is 1.53 bits per heavy atom. The van der Waals surface area contributed by atoms with Crippen LogP contribution in [0.1, 0.15) is 23.3 Å². The highest BCUT2D eigenvalue weighted by Crippen LogP contribution is 2.19. The number of amides is 1. The molecule has 0 aliphatic heterocycles. The van der Waals surface area contributed by atoms with E-state index < -0.39 is 0 Å². The Labute approximate surface area is 99.8 Å². The van der Waals surface area contributed by atoms with E-state index in [9.17, 15) is 4.79 Å². The molecule has 1 fully saturated rings. The van der Waals surface area contributed by atoms with Gasteiger partial charge in [-0.2, -0.15) is 0 Å². The Kier molecular flexibility index (Phi) is 3.87. The van der Waals surface area contributed by atoms with Crippen LogP contribution in [0.2, 0.25) is 0 Å². The quantitative estimate of drug-likeness (QED) is 0.700. The van der Waals surface area contributed by atoms with E-state index in [-0.39, 0.29) is 5.91 Å². The first-order chi connectivity index (χ1) is 8.29. The third-order valence-corrected chi connectivity index (χ3v) is 2.42. The molecule has 2 rings (SSSR count). The zero-order valence-electron chi connectivity index (χ0n) is 9.77. The number of hydrogen-bond donors (Lipinski definition) is 2. The van der Waals surface area contributed by atoms with Gasteiger partial charge < -0.3 is 15.4 Å². The lowest BCUT2D eigenvalue weighted by Gasteiger charge is -2.06. The summed E-state index contributed by atoms with van der Waals surface area (Å²) >= 11 is 0. The zero-order valence-corrected chi connectivity index (χ0v) is 9.77. The molecule has 6 heteroatoms. The predicted octanol–water partition coefficient (Wildman–Crippen LogP) is 0.427. The number of anilines is 1. The van der Waals surface area contributed by atoms with Crippen molar-refractivity contribution in [3.05, 3.63) is 18.1 Å². The number of aromatic nitrogens is 2. The van der Waals surface area contributed by atoms with E-state index in [4.69, 9.17) is 4.74 Å². The van der Waals surface area contributed by atoms with Crippen LogP contribution in [0.3, 0.4) is 0 Å². The molecular weight excluding hydrogens is 220 g/mol. The minimum absolute atomic E-state index is 0.135. The smallest absolute Gasteiger partial charge is 0.270 e. The van der Waals surface area contributed by atoms with E-state index in [2.05, 4.69) is 20.6 Å². The second-order valence-electron chi connectivity index (χ2n) is 3.96. The predicted molar refractivity (Wildman–Crippen MR) is 62.9 cm³/mol. The van der Waals surface area contributed by atoms with Crippen molar-refractivity contribution in [3.63, 3.8) is 0 Å². The normalized spacial score (nSPS) is 14.4. The van der Waals surface area contributed by atoms with Gasteiger partial charge in [0.2, 0.25) is 0 Å². The number of rotatable bonds is 6. The molecule has 1 amide bonds. The average Bonchev–Trinajstić information content (AvgIpc) is 3.14. The van der Waals surface area contributed by atoms with Crippen LogP contribution in [-0.2, 0) is 4.74 Å². The highest BCUT2D eigenvalue weighted by Gasteiger charge is 2.24. The molecule has 1 aliphatic rings. The molecule has 0 spiro atoms. The van der Waals surface area contributed by atoms with Gasteiger partial charge in [-0.1, -0.05) is 0 Å². The van der Waals surface area contributed by atoms with Crippen molar-refractivity contribution in [2.24, 2.45) is 0 Å². The Hall–Kier alpha value is -1.69. The van der Waals surface area contributed by atoms with Crippen molar-refractivity contribution in [1.29, 1.82) is 0 Å². The average molecular weight is 236 g/mol. The summed E-state index contributed by atoms with van der Waals surface area (Å²) in [4.78, 5) is 19.7. The first-order valence-corrected chi connectivity index (χ1v) is 5.65. The fourth-order valence-electron chi connectivity index (χ4n) is 1.35. The van der Waals surface area contributed by atoms with Gasteiger partial charge in [0.15, 0.2) is 0 Å². The summed E-state index contributed by atoms with van der Waals surface area (Å²) in [5.41, 5.74) is 0.395. The van der Waals surface area contributed by atoms with Crippen LogP contribution in [0.25, 0.3) is 0 Å². The molecule has 2 N–H and O–H groups in total. The molecular formula is C11H16N4O2.